The van der Waals surface area contributed by atoms with Crippen LogP contribution in [0, 0.1) is 11.8 Å². The maximum Gasteiger partial charge on any atom is 0.165 e. The Morgan fingerprint density at radius 1 is 0.941 bits per heavy atom. The van der Waals surface area contributed by atoms with E-state index < -0.39 is 24.0 Å². The van der Waals surface area contributed by atoms with Gasteiger partial charge in [-0.25, -0.2) is 0 Å². The quantitative estimate of drug-likeness (QED) is 0.686. The molecule has 4 atom stereocenters. The fourth-order valence-corrected chi connectivity index (χ4v) is 2.91. The van der Waals surface area contributed by atoms with Gasteiger partial charge in [-0.15, -0.1) is 0 Å². The van der Waals surface area contributed by atoms with Crippen molar-refractivity contribution < 1.29 is 23.8 Å². The number of hydrogen-bond donors (Lipinski definition) is 0. The van der Waals surface area contributed by atoms with Gasteiger partial charge in [-0.3, -0.25) is 9.59 Å². The minimum Gasteiger partial charge on any atom is -0.495 e. The summed E-state index contributed by atoms with van der Waals surface area (Å²) in [4.78, 5) is 23.7. The maximum atomic E-state index is 11.8. The van der Waals surface area contributed by atoms with Gasteiger partial charge >= 0.3 is 0 Å². The van der Waals surface area contributed by atoms with E-state index in [0.717, 1.165) is 0 Å². The molecule has 0 spiro atoms. The molecule has 2 bridgehead atoms. The van der Waals surface area contributed by atoms with E-state index in [0.29, 0.717) is 11.5 Å². The van der Waals surface area contributed by atoms with Gasteiger partial charge in [0.25, 0.3) is 0 Å². The van der Waals surface area contributed by atoms with E-state index in [1.54, 1.807) is 0 Å². The van der Waals surface area contributed by atoms with Crippen molar-refractivity contribution in [2.24, 2.45) is 11.8 Å². The summed E-state index contributed by atoms with van der Waals surface area (Å²) in [6.45, 7) is 0. The Kier molecular flexibility index (Phi) is 2.13. The Hall–Kier alpha value is -1.62. The first kappa shape index (κ1) is 10.5. The second kappa shape index (κ2) is 3.43. The van der Waals surface area contributed by atoms with Crippen LogP contribution in [-0.4, -0.2) is 38.0 Å². The van der Waals surface area contributed by atoms with Crippen LogP contribution in [0.25, 0.3) is 0 Å². The second-order valence-corrected chi connectivity index (χ2v) is 4.30. The minimum atomic E-state index is -0.480. The first-order chi connectivity index (χ1) is 8.19. The summed E-state index contributed by atoms with van der Waals surface area (Å²) in [5.41, 5.74) is 0. The van der Waals surface area contributed by atoms with Gasteiger partial charge in [-0.2, -0.15) is 0 Å². The highest BCUT2D eigenvalue weighted by Gasteiger charge is 2.61. The van der Waals surface area contributed by atoms with Crippen molar-refractivity contribution in [3.05, 3.63) is 23.7 Å². The number of carbonyl (C=O) groups excluding carboxylic acids is 2. The first-order valence-corrected chi connectivity index (χ1v) is 5.42. The largest absolute Gasteiger partial charge is 0.495 e. The van der Waals surface area contributed by atoms with Gasteiger partial charge in [0.2, 0.25) is 0 Å². The van der Waals surface area contributed by atoms with E-state index in [4.69, 9.17) is 14.2 Å². The SMILES string of the molecule is COC1=C(OC)[C@@H]2O[C@H]1[C@H]1C(=O)C=CC(=O)[C@H]12. The summed E-state index contributed by atoms with van der Waals surface area (Å²) in [5.74, 6) is 0.0155. The highest BCUT2D eigenvalue weighted by Crippen LogP contribution is 2.49. The molecule has 2 heterocycles. The molecule has 0 aromatic heterocycles. The van der Waals surface area contributed by atoms with Crippen molar-refractivity contribution >= 4 is 11.6 Å². The number of hydrogen-bond acceptors (Lipinski definition) is 5. The molecule has 0 amide bonds. The number of fused-ring (bicyclic) bond motifs is 5. The van der Waals surface area contributed by atoms with Crippen LogP contribution in [0.2, 0.25) is 0 Å². The van der Waals surface area contributed by atoms with Crippen LogP contribution in [0.15, 0.2) is 23.7 Å². The number of ketones is 2. The van der Waals surface area contributed by atoms with Crippen molar-refractivity contribution in [2.75, 3.05) is 14.2 Å². The van der Waals surface area contributed by atoms with Gasteiger partial charge in [0, 0.05) is 0 Å². The topological polar surface area (TPSA) is 61.8 Å². The number of carbonyl (C=O) groups is 2. The zero-order chi connectivity index (χ0) is 12.2. The fraction of sp³-hybridized carbons (Fsp3) is 0.500. The predicted octanol–water partition coefficient (Wildman–Crippen LogP) is 0.212. The molecule has 1 fully saturated rings. The fourth-order valence-electron chi connectivity index (χ4n) is 2.91. The molecule has 0 unspecified atom stereocenters. The lowest BCUT2D eigenvalue weighted by Crippen LogP contribution is -2.41. The molecule has 3 rings (SSSR count). The highest BCUT2D eigenvalue weighted by molar-refractivity contribution is 6.08. The predicted molar refractivity (Wildman–Crippen MR) is 55.8 cm³/mol. The zero-order valence-corrected chi connectivity index (χ0v) is 9.51. The summed E-state index contributed by atoms with van der Waals surface area (Å²) in [5, 5.41) is 0. The maximum absolute atomic E-state index is 11.8. The molecule has 0 aromatic rings. The van der Waals surface area contributed by atoms with Gasteiger partial charge in [-0.05, 0) is 12.2 Å². The Balaban J connectivity index is 2.07. The molecular formula is C12H12O5. The average molecular weight is 236 g/mol. The highest BCUT2D eigenvalue weighted by atomic mass is 16.6. The Bertz CT molecular complexity index is 422. The first-order valence-electron chi connectivity index (χ1n) is 5.42. The summed E-state index contributed by atoms with van der Waals surface area (Å²) in [7, 11) is 3.02. The van der Waals surface area contributed by atoms with Crippen molar-refractivity contribution in [2.45, 2.75) is 12.2 Å². The number of methoxy groups -OCH3 is 2. The smallest absolute Gasteiger partial charge is 0.165 e. The minimum absolute atomic E-state index is 0.0770. The van der Waals surface area contributed by atoms with Crippen molar-refractivity contribution in [3.8, 4) is 0 Å². The lowest BCUT2D eigenvalue weighted by molar-refractivity contribution is -0.129. The van der Waals surface area contributed by atoms with Gasteiger partial charge in [0.15, 0.2) is 23.1 Å². The van der Waals surface area contributed by atoms with Crippen molar-refractivity contribution in [1.82, 2.24) is 0 Å². The Morgan fingerprint density at radius 2 is 1.35 bits per heavy atom. The number of allylic oxidation sites excluding steroid dienone is 2. The molecule has 3 aliphatic rings. The molecule has 0 saturated carbocycles. The summed E-state index contributed by atoms with van der Waals surface area (Å²) >= 11 is 0. The van der Waals surface area contributed by atoms with Crippen LogP contribution < -0.4 is 0 Å². The molecule has 5 heteroatoms. The molecule has 1 saturated heterocycles. The van der Waals surface area contributed by atoms with E-state index >= 15 is 0 Å². The third-order valence-electron chi connectivity index (χ3n) is 3.60. The second-order valence-electron chi connectivity index (χ2n) is 4.30. The third-order valence-corrected chi connectivity index (χ3v) is 3.60. The Labute approximate surface area is 98.0 Å². The lowest BCUT2D eigenvalue weighted by atomic mass is 9.73. The van der Waals surface area contributed by atoms with E-state index in [1.807, 2.05) is 0 Å². The van der Waals surface area contributed by atoms with Crippen molar-refractivity contribution in [1.29, 1.82) is 0 Å². The number of rotatable bonds is 2. The van der Waals surface area contributed by atoms with Crippen LogP contribution in [0.1, 0.15) is 0 Å². The molecule has 17 heavy (non-hydrogen) atoms. The van der Waals surface area contributed by atoms with Crippen LogP contribution in [0.5, 0.6) is 0 Å². The molecule has 0 N–H and O–H groups in total. The number of ether oxygens (including phenoxy) is 3. The Morgan fingerprint density at radius 3 is 1.71 bits per heavy atom. The van der Waals surface area contributed by atoms with Crippen LogP contribution >= 0.6 is 0 Å². The average Bonchev–Trinajstić information content (AvgIpc) is 2.88. The van der Waals surface area contributed by atoms with Crippen molar-refractivity contribution in [3.63, 3.8) is 0 Å². The van der Waals surface area contributed by atoms with Gasteiger partial charge in [-0.1, -0.05) is 0 Å². The van der Waals surface area contributed by atoms with E-state index in [1.165, 1.54) is 26.4 Å². The van der Waals surface area contributed by atoms with Crippen LogP contribution in [0.4, 0.5) is 0 Å². The molecule has 5 nitrogen and oxygen atoms in total. The molecule has 0 radical (unpaired) electrons. The molecule has 1 aliphatic carbocycles. The van der Waals surface area contributed by atoms with Gasteiger partial charge < -0.3 is 14.2 Å². The normalized spacial score (nSPS) is 38.7. The van der Waals surface area contributed by atoms with Crippen LogP contribution in [-0.2, 0) is 23.8 Å². The van der Waals surface area contributed by atoms with E-state index in [-0.39, 0.29) is 11.6 Å². The van der Waals surface area contributed by atoms with E-state index in [9.17, 15) is 9.59 Å². The molecular weight excluding hydrogens is 224 g/mol. The standard InChI is InChI=1S/C12H12O5/c1-15-11-9-7-5(13)3-4-6(14)8(7)10(17-9)12(11)16-2/h3-4,7-10H,1-2H3/t7-,8+,9-,10+. The zero-order valence-electron chi connectivity index (χ0n) is 9.51. The summed E-state index contributed by atoms with van der Waals surface area (Å²) in [6.07, 6.45) is 1.69. The summed E-state index contributed by atoms with van der Waals surface area (Å²) < 4.78 is 16.1. The summed E-state index contributed by atoms with van der Waals surface area (Å²) in [6, 6.07) is 0. The van der Waals surface area contributed by atoms with Gasteiger partial charge in [0.05, 0.1) is 26.1 Å². The van der Waals surface area contributed by atoms with E-state index in [2.05, 4.69) is 0 Å². The lowest BCUT2D eigenvalue weighted by Gasteiger charge is -2.28. The third kappa shape index (κ3) is 1.17. The molecule has 90 valence electrons. The molecule has 0 aromatic carbocycles. The molecule has 2 aliphatic heterocycles. The van der Waals surface area contributed by atoms with Gasteiger partial charge in [0.1, 0.15) is 12.2 Å². The monoisotopic (exact) mass is 236 g/mol. The van der Waals surface area contributed by atoms with Crippen LogP contribution in [0.3, 0.4) is 0 Å².